The molecule has 0 saturated carbocycles. The number of anilines is 1. The van der Waals surface area contributed by atoms with E-state index in [1.54, 1.807) is 0 Å². The molecule has 1 aromatic heterocycles. The third-order valence-corrected chi connectivity index (χ3v) is 3.27. The van der Waals surface area contributed by atoms with Gasteiger partial charge in [0, 0.05) is 6.20 Å². The molecule has 11 nitrogen and oxygen atoms in total. The van der Waals surface area contributed by atoms with E-state index in [1.807, 2.05) is 0 Å². The van der Waals surface area contributed by atoms with Crippen molar-refractivity contribution >= 4 is 13.4 Å². The van der Waals surface area contributed by atoms with Crippen LogP contribution in [0.25, 0.3) is 0 Å². The Morgan fingerprint density at radius 2 is 2.13 bits per heavy atom. The molecule has 0 aromatic carbocycles. The molecule has 1 saturated heterocycles. The molecular formula is C9H16N3Na2O8P. The number of nitrogens with two attached hydrogens (primary N) is 1. The van der Waals surface area contributed by atoms with Crippen molar-refractivity contribution in [2.75, 3.05) is 18.7 Å². The third kappa shape index (κ3) is 5.32. The van der Waals surface area contributed by atoms with Crippen molar-refractivity contribution < 1.29 is 96.0 Å². The number of nitrogens with zero attached hydrogens (tertiary/aromatic N) is 2. The Labute approximate surface area is 177 Å². The molecule has 0 bridgehead atoms. The van der Waals surface area contributed by atoms with Gasteiger partial charge in [-0.3, -0.25) is 4.57 Å². The number of hydrogen-bond donors (Lipinski definition) is 5. The van der Waals surface area contributed by atoms with Crippen LogP contribution in [0, 0.1) is 0 Å². The molecule has 3 atom stereocenters. The number of rotatable bonds is 4. The van der Waals surface area contributed by atoms with Gasteiger partial charge >= 0.3 is 72.4 Å². The van der Waals surface area contributed by atoms with E-state index < -0.39 is 44.4 Å². The SMILES string of the molecule is Nc1ccn([C@]2(OCP(=O)(O)O)OC[C@@H](O)[C@H]2O)c(=O)n1.[H-].[H-].[Na+].[Na+]. The van der Waals surface area contributed by atoms with E-state index in [9.17, 15) is 19.6 Å². The van der Waals surface area contributed by atoms with E-state index in [0.29, 0.717) is 4.57 Å². The van der Waals surface area contributed by atoms with Gasteiger partial charge in [-0.25, -0.2) is 9.36 Å². The maximum Gasteiger partial charge on any atom is 1.00 e. The van der Waals surface area contributed by atoms with Crippen LogP contribution in [0.2, 0.25) is 0 Å². The first-order chi connectivity index (χ1) is 9.66. The third-order valence-electron chi connectivity index (χ3n) is 2.80. The van der Waals surface area contributed by atoms with Crippen LogP contribution in [0.5, 0.6) is 0 Å². The van der Waals surface area contributed by atoms with E-state index in [0.717, 1.165) is 6.20 Å². The molecule has 2 rings (SSSR count). The molecule has 1 aliphatic heterocycles. The largest absolute Gasteiger partial charge is 1.00 e. The van der Waals surface area contributed by atoms with Gasteiger partial charge in [-0.05, 0) is 6.07 Å². The summed E-state index contributed by atoms with van der Waals surface area (Å²) in [6.45, 7) is -0.404. The molecule has 0 spiro atoms. The molecule has 1 fully saturated rings. The van der Waals surface area contributed by atoms with E-state index >= 15 is 0 Å². The van der Waals surface area contributed by atoms with Crippen molar-refractivity contribution in [2.24, 2.45) is 0 Å². The minimum Gasteiger partial charge on any atom is -1.00 e. The summed E-state index contributed by atoms with van der Waals surface area (Å²) < 4.78 is 21.6. The van der Waals surface area contributed by atoms with Crippen LogP contribution in [0.3, 0.4) is 0 Å². The van der Waals surface area contributed by atoms with Crippen molar-refractivity contribution in [1.29, 1.82) is 0 Å². The number of aliphatic hydroxyl groups excluding tert-OH is 2. The zero-order valence-corrected chi connectivity index (χ0v) is 17.5. The van der Waals surface area contributed by atoms with Crippen LogP contribution in [-0.2, 0) is 19.9 Å². The Hall–Kier alpha value is 0.670. The smallest absolute Gasteiger partial charge is 1.00 e. The monoisotopic (exact) mass is 371 g/mol. The fourth-order valence-electron chi connectivity index (χ4n) is 1.86. The first kappa shape index (κ1) is 23.7. The van der Waals surface area contributed by atoms with Crippen LogP contribution in [0.1, 0.15) is 2.85 Å². The van der Waals surface area contributed by atoms with Gasteiger partial charge in [0.05, 0.1) is 6.61 Å². The van der Waals surface area contributed by atoms with Crippen LogP contribution >= 0.6 is 7.60 Å². The number of hydrogen-bond acceptors (Lipinski definition) is 8. The summed E-state index contributed by atoms with van der Waals surface area (Å²) >= 11 is 0. The summed E-state index contributed by atoms with van der Waals surface area (Å²) in [5, 5.41) is 19.5. The van der Waals surface area contributed by atoms with Gasteiger partial charge in [0.25, 0.3) is 5.91 Å². The molecule has 23 heavy (non-hydrogen) atoms. The molecule has 2 heterocycles. The Bertz CT molecular complexity index is 650. The average molecular weight is 371 g/mol. The summed E-state index contributed by atoms with van der Waals surface area (Å²) in [5.41, 5.74) is 4.35. The molecular weight excluding hydrogens is 355 g/mol. The summed E-state index contributed by atoms with van der Waals surface area (Å²) in [6, 6.07) is 1.20. The van der Waals surface area contributed by atoms with E-state index in [1.165, 1.54) is 6.07 Å². The summed E-state index contributed by atoms with van der Waals surface area (Å²) in [5.74, 6) is -2.40. The number of nitrogen functional groups attached to an aromatic ring is 1. The van der Waals surface area contributed by atoms with Gasteiger partial charge in [0.15, 0.2) is 12.5 Å². The van der Waals surface area contributed by atoms with E-state index in [2.05, 4.69) is 4.98 Å². The molecule has 1 aliphatic rings. The van der Waals surface area contributed by atoms with Crippen LogP contribution in [0.15, 0.2) is 17.1 Å². The molecule has 0 unspecified atom stereocenters. The Balaban J connectivity index is -0.00000121. The van der Waals surface area contributed by atoms with E-state index in [-0.39, 0.29) is 67.8 Å². The van der Waals surface area contributed by atoms with Gasteiger partial charge in [-0.15, -0.1) is 0 Å². The van der Waals surface area contributed by atoms with Gasteiger partial charge in [0.1, 0.15) is 11.9 Å². The summed E-state index contributed by atoms with van der Waals surface area (Å²) in [4.78, 5) is 33.0. The normalized spacial score (nSPS) is 27.1. The molecule has 0 aliphatic carbocycles. The first-order valence-electron chi connectivity index (χ1n) is 5.70. The number of aromatic nitrogens is 2. The fourth-order valence-corrected chi connectivity index (χ4v) is 2.22. The van der Waals surface area contributed by atoms with Crippen molar-refractivity contribution in [1.82, 2.24) is 9.55 Å². The second-order valence-electron chi connectivity index (χ2n) is 4.40. The summed E-state index contributed by atoms with van der Waals surface area (Å²) in [6.07, 6.45) is -3.22. The zero-order chi connectivity index (χ0) is 15.8. The fraction of sp³-hybridized carbons (Fsp3) is 0.556. The second kappa shape index (κ2) is 8.86. The molecule has 0 amide bonds. The Morgan fingerprint density at radius 3 is 2.57 bits per heavy atom. The molecule has 14 heteroatoms. The Kier molecular flexibility index (Phi) is 9.11. The minimum atomic E-state index is -4.61. The average Bonchev–Trinajstić information content (AvgIpc) is 2.65. The molecule has 0 radical (unpaired) electrons. The Morgan fingerprint density at radius 1 is 1.52 bits per heavy atom. The standard InChI is InChI=1S/C9H14N3O8P.2Na.2H/c10-6-1-2-12(8(15)11-6)9(20-4-21(16,17)18)7(14)5(13)3-19-9;;;;/h1-2,5,7,13-14H,3-4H2,(H2,10,11,15)(H2,16,17,18);;;;/q;2*+1;2*-1/t5-,7-,9+;;;;/m1..../s1. The minimum absolute atomic E-state index is 0. The molecule has 6 N–H and O–H groups in total. The van der Waals surface area contributed by atoms with Crippen molar-refractivity contribution in [3.05, 3.63) is 22.7 Å². The second-order valence-corrected chi connectivity index (χ2v) is 5.98. The van der Waals surface area contributed by atoms with Gasteiger partial charge < -0.3 is 38.1 Å². The predicted octanol–water partition coefficient (Wildman–Crippen LogP) is -8.43. The maximum atomic E-state index is 11.8. The van der Waals surface area contributed by atoms with Gasteiger partial charge in [-0.2, -0.15) is 4.98 Å². The predicted molar refractivity (Wildman–Crippen MR) is 69.1 cm³/mol. The number of ether oxygens (including phenoxy) is 2. The van der Waals surface area contributed by atoms with Crippen molar-refractivity contribution in [2.45, 2.75) is 18.1 Å². The van der Waals surface area contributed by atoms with E-state index in [4.69, 9.17) is 25.0 Å². The van der Waals surface area contributed by atoms with Gasteiger partial charge in [0.2, 0.25) is 0 Å². The zero-order valence-electron chi connectivity index (χ0n) is 14.6. The van der Waals surface area contributed by atoms with Crippen LogP contribution < -0.4 is 70.5 Å². The first-order valence-corrected chi connectivity index (χ1v) is 7.50. The quantitative estimate of drug-likeness (QED) is 0.252. The molecule has 1 aromatic rings. The topological polar surface area (TPSA) is 177 Å². The summed E-state index contributed by atoms with van der Waals surface area (Å²) in [7, 11) is -4.61. The molecule has 122 valence electrons. The van der Waals surface area contributed by atoms with Crippen molar-refractivity contribution in [3.8, 4) is 0 Å². The maximum absolute atomic E-state index is 11.8. The number of aliphatic hydroxyl groups is 2. The van der Waals surface area contributed by atoms with Crippen LogP contribution in [0.4, 0.5) is 5.82 Å². The van der Waals surface area contributed by atoms with Crippen LogP contribution in [-0.4, -0.2) is 54.7 Å². The van der Waals surface area contributed by atoms with Gasteiger partial charge in [-0.1, -0.05) is 0 Å². The van der Waals surface area contributed by atoms with Crippen molar-refractivity contribution in [3.63, 3.8) is 0 Å².